The number of amides is 1. The molecule has 4 heteroatoms. The average molecular weight is 196 g/mol. The molecule has 1 aromatic carbocycles. The Morgan fingerprint density at radius 1 is 1.43 bits per heavy atom. The quantitative estimate of drug-likeness (QED) is 0.741. The fraction of sp³-hybridized carbons (Fsp3) is 0.300. The van der Waals surface area contributed by atoms with Crippen LogP contribution in [0.4, 0.5) is 4.39 Å². The van der Waals surface area contributed by atoms with Crippen molar-refractivity contribution >= 4 is 5.91 Å². The van der Waals surface area contributed by atoms with E-state index in [9.17, 15) is 9.18 Å². The highest BCUT2D eigenvalue weighted by Crippen LogP contribution is 1.97. The summed E-state index contributed by atoms with van der Waals surface area (Å²) in [6, 6.07) is 8.33. The van der Waals surface area contributed by atoms with Gasteiger partial charge in [-0.2, -0.15) is 0 Å². The lowest BCUT2D eigenvalue weighted by molar-refractivity contribution is -0.122. The molecule has 76 valence electrons. The first-order valence-corrected chi connectivity index (χ1v) is 4.37. The van der Waals surface area contributed by atoms with Gasteiger partial charge in [-0.1, -0.05) is 30.3 Å². The van der Waals surface area contributed by atoms with Crippen LogP contribution in [0.15, 0.2) is 30.3 Å². The Morgan fingerprint density at radius 3 is 2.64 bits per heavy atom. The molecule has 0 aliphatic heterocycles. The molecule has 0 spiro atoms. The summed E-state index contributed by atoms with van der Waals surface area (Å²) in [4.78, 5) is 11.1. The molecule has 0 aliphatic rings. The molecule has 0 aliphatic carbocycles. The Bertz CT molecular complexity index is 289. The molecule has 0 heterocycles. The van der Waals surface area contributed by atoms with E-state index in [4.69, 9.17) is 5.73 Å². The molecule has 0 bridgehead atoms. The van der Waals surface area contributed by atoms with Crippen molar-refractivity contribution in [3.8, 4) is 0 Å². The Morgan fingerprint density at radius 2 is 2.07 bits per heavy atom. The molecular formula is C10H13FN2O. The Kier molecular flexibility index (Phi) is 4.07. The zero-order valence-corrected chi connectivity index (χ0v) is 7.74. The molecular weight excluding hydrogens is 183 g/mol. The molecule has 1 unspecified atom stereocenters. The van der Waals surface area contributed by atoms with Crippen molar-refractivity contribution in [1.82, 2.24) is 5.32 Å². The Hall–Kier alpha value is -1.42. The Labute approximate surface area is 82.1 Å². The van der Waals surface area contributed by atoms with E-state index in [1.807, 2.05) is 30.3 Å². The van der Waals surface area contributed by atoms with Gasteiger partial charge in [0.05, 0.1) is 0 Å². The van der Waals surface area contributed by atoms with Crippen molar-refractivity contribution in [3.63, 3.8) is 0 Å². The van der Waals surface area contributed by atoms with Crippen molar-refractivity contribution in [2.75, 3.05) is 6.67 Å². The van der Waals surface area contributed by atoms with Gasteiger partial charge in [-0.05, 0) is 5.56 Å². The SMILES string of the molecule is NC(CF)C(=O)NCc1ccccc1. The standard InChI is InChI=1S/C10H13FN2O/c11-6-9(12)10(14)13-7-8-4-2-1-3-5-8/h1-5,9H,6-7,12H2,(H,13,14). The number of nitrogens with one attached hydrogen (secondary N) is 1. The molecule has 3 N–H and O–H groups in total. The summed E-state index contributed by atoms with van der Waals surface area (Å²) in [5.41, 5.74) is 6.16. The number of hydrogen-bond acceptors (Lipinski definition) is 2. The monoisotopic (exact) mass is 196 g/mol. The van der Waals surface area contributed by atoms with Gasteiger partial charge >= 0.3 is 0 Å². The van der Waals surface area contributed by atoms with E-state index in [0.29, 0.717) is 6.54 Å². The summed E-state index contributed by atoms with van der Waals surface area (Å²) in [5, 5.41) is 2.55. The number of nitrogens with two attached hydrogens (primary N) is 1. The van der Waals surface area contributed by atoms with Gasteiger partial charge in [0.2, 0.25) is 5.91 Å². The van der Waals surface area contributed by atoms with Crippen molar-refractivity contribution < 1.29 is 9.18 Å². The topological polar surface area (TPSA) is 55.1 Å². The molecule has 1 amide bonds. The highest BCUT2D eigenvalue weighted by Gasteiger charge is 2.11. The summed E-state index contributed by atoms with van der Waals surface area (Å²) >= 11 is 0. The van der Waals surface area contributed by atoms with E-state index in [1.54, 1.807) is 0 Å². The van der Waals surface area contributed by atoms with Gasteiger partial charge in [-0.3, -0.25) is 4.79 Å². The first-order valence-electron chi connectivity index (χ1n) is 4.37. The summed E-state index contributed by atoms with van der Waals surface area (Å²) in [6.07, 6.45) is 0. The lowest BCUT2D eigenvalue weighted by Crippen LogP contribution is -2.41. The van der Waals surface area contributed by atoms with Crippen LogP contribution in [0.1, 0.15) is 5.56 Å². The summed E-state index contributed by atoms with van der Waals surface area (Å²) < 4.78 is 12.0. The van der Waals surface area contributed by atoms with Crippen LogP contribution >= 0.6 is 0 Å². The van der Waals surface area contributed by atoms with Crippen LogP contribution in [0.3, 0.4) is 0 Å². The van der Waals surface area contributed by atoms with Crippen molar-refractivity contribution in [2.45, 2.75) is 12.6 Å². The van der Waals surface area contributed by atoms with E-state index in [0.717, 1.165) is 5.56 Å². The molecule has 0 aromatic heterocycles. The predicted molar refractivity (Wildman–Crippen MR) is 52.2 cm³/mol. The van der Waals surface area contributed by atoms with Gasteiger partial charge in [0.25, 0.3) is 0 Å². The van der Waals surface area contributed by atoms with E-state index in [1.165, 1.54) is 0 Å². The number of hydrogen-bond donors (Lipinski definition) is 2. The molecule has 1 aromatic rings. The lowest BCUT2D eigenvalue weighted by atomic mass is 10.2. The number of rotatable bonds is 4. The number of halogens is 1. The number of alkyl halides is 1. The van der Waals surface area contributed by atoms with Gasteiger partial charge < -0.3 is 11.1 Å². The highest BCUT2D eigenvalue weighted by molar-refractivity contribution is 5.81. The number of carbonyl (C=O) groups excluding carboxylic acids is 1. The largest absolute Gasteiger partial charge is 0.351 e. The first kappa shape index (κ1) is 10.7. The minimum atomic E-state index is -1.06. The van der Waals surface area contributed by atoms with Gasteiger partial charge in [-0.25, -0.2) is 4.39 Å². The number of benzene rings is 1. The molecule has 1 rings (SSSR count). The molecule has 3 nitrogen and oxygen atoms in total. The van der Waals surface area contributed by atoms with Crippen molar-refractivity contribution in [2.24, 2.45) is 5.73 Å². The maximum absolute atomic E-state index is 12.0. The van der Waals surface area contributed by atoms with Crippen molar-refractivity contribution in [1.29, 1.82) is 0 Å². The van der Waals surface area contributed by atoms with E-state index >= 15 is 0 Å². The average Bonchev–Trinajstić information content (AvgIpc) is 2.26. The molecule has 14 heavy (non-hydrogen) atoms. The van der Waals surface area contributed by atoms with Crippen LogP contribution in [0.5, 0.6) is 0 Å². The van der Waals surface area contributed by atoms with E-state index in [-0.39, 0.29) is 0 Å². The van der Waals surface area contributed by atoms with Gasteiger partial charge in [0.1, 0.15) is 12.7 Å². The second kappa shape index (κ2) is 5.34. The second-order valence-electron chi connectivity index (χ2n) is 2.96. The molecule has 1 atom stereocenters. The highest BCUT2D eigenvalue weighted by atomic mass is 19.1. The zero-order chi connectivity index (χ0) is 10.4. The zero-order valence-electron chi connectivity index (χ0n) is 7.74. The Balaban J connectivity index is 2.38. The van der Waals surface area contributed by atoms with E-state index in [2.05, 4.69) is 5.32 Å². The third-order valence-corrected chi connectivity index (χ3v) is 1.81. The van der Waals surface area contributed by atoms with Crippen molar-refractivity contribution in [3.05, 3.63) is 35.9 Å². The van der Waals surface area contributed by atoms with Crippen LogP contribution in [0.2, 0.25) is 0 Å². The van der Waals surface area contributed by atoms with Crippen LogP contribution in [-0.4, -0.2) is 18.6 Å². The molecule has 0 radical (unpaired) electrons. The smallest absolute Gasteiger partial charge is 0.239 e. The summed E-state index contributed by atoms with van der Waals surface area (Å²) in [6.45, 7) is -0.450. The maximum Gasteiger partial charge on any atom is 0.239 e. The van der Waals surface area contributed by atoms with Gasteiger partial charge in [-0.15, -0.1) is 0 Å². The minimum absolute atomic E-state index is 0.382. The summed E-state index contributed by atoms with van der Waals surface area (Å²) in [5.74, 6) is -0.462. The van der Waals surface area contributed by atoms with Gasteiger partial charge in [0.15, 0.2) is 0 Å². The third-order valence-electron chi connectivity index (χ3n) is 1.81. The molecule has 0 saturated carbocycles. The lowest BCUT2D eigenvalue weighted by Gasteiger charge is -2.08. The second-order valence-corrected chi connectivity index (χ2v) is 2.96. The van der Waals surface area contributed by atoms with Crippen LogP contribution in [0.25, 0.3) is 0 Å². The van der Waals surface area contributed by atoms with Crippen LogP contribution in [-0.2, 0) is 11.3 Å². The van der Waals surface area contributed by atoms with E-state index < -0.39 is 18.6 Å². The predicted octanol–water partition coefficient (Wildman–Crippen LogP) is 0.600. The maximum atomic E-state index is 12.0. The fourth-order valence-corrected chi connectivity index (χ4v) is 0.986. The van der Waals surface area contributed by atoms with Gasteiger partial charge in [0, 0.05) is 6.54 Å². The third kappa shape index (κ3) is 3.14. The normalized spacial score (nSPS) is 12.1. The summed E-state index contributed by atoms with van der Waals surface area (Å²) in [7, 11) is 0. The minimum Gasteiger partial charge on any atom is -0.351 e. The molecule has 0 fully saturated rings. The van der Waals surface area contributed by atoms with Crippen LogP contribution < -0.4 is 11.1 Å². The van der Waals surface area contributed by atoms with Crippen LogP contribution in [0, 0.1) is 0 Å². The number of carbonyl (C=O) groups is 1. The first-order chi connectivity index (χ1) is 6.74. The molecule has 0 saturated heterocycles. The fourth-order valence-electron chi connectivity index (χ4n) is 0.986.